The third-order valence-corrected chi connectivity index (χ3v) is 4.56. The molecule has 0 heterocycles. The topological polar surface area (TPSA) is 86.7 Å². The molecule has 1 aromatic rings. The number of likely N-dealkylation sites (N-methyl/N-ethyl adjacent to an activating group) is 1. The van der Waals surface area contributed by atoms with Crippen LogP contribution in [-0.4, -0.2) is 50.6 Å². The molecule has 0 fully saturated rings. The van der Waals surface area contributed by atoms with Crippen LogP contribution < -0.4 is 4.72 Å². The molecule has 1 aromatic carbocycles. The number of hydrogen-bond donors (Lipinski definition) is 2. The Balaban J connectivity index is 2.60. The van der Waals surface area contributed by atoms with E-state index >= 15 is 0 Å². The zero-order chi connectivity index (χ0) is 16.0. The maximum atomic E-state index is 12.0. The lowest BCUT2D eigenvalue weighted by Crippen LogP contribution is -2.36. The van der Waals surface area contributed by atoms with E-state index in [0.717, 1.165) is 0 Å². The maximum Gasteiger partial charge on any atom is 0.335 e. The van der Waals surface area contributed by atoms with Crippen LogP contribution in [0.3, 0.4) is 0 Å². The molecule has 0 aliphatic rings. The molecular formula is C14H22N2O4S. The highest BCUT2D eigenvalue weighted by Gasteiger charge is 2.13. The number of rotatable bonds is 8. The van der Waals surface area contributed by atoms with Gasteiger partial charge in [0.05, 0.1) is 11.3 Å². The molecule has 0 unspecified atom stereocenters. The van der Waals surface area contributed by atoms with Gasteiger partial charge in [0.15, 0.2) is 0 Å². The molecule has 21 heavy (non-hydrogen) atoms. The van der Waals surface area contributed by atoms with Crippen molar-refractivity contribution in [3.05, 3.63) is 35.4 Å². The van der Waals surface area contributed by atoms with Crippen LogP contribution in [-0.2, 0) is 15.8 Å². The fourth-order valence-electron chi connectivity index (χ4n) is 1.70. The van der Waals surface area contributed by atoms with Gasteiger partial charge >= 0.3 is 5.97 Å². The average molecular weight is 314 g/mol. The number of nitrogens with one attached hydrogen (secondary N) is 1. The van der Waals surface area contributed by atoms with Gasteiger partial charge in [-0.25, -0.2) is 17.9 Å². The number of hydrogen-bond acceptors (Lipinski definition) is 4. The van der Waals surface area contributed by atoms with Gasteiger partial charge in [-0.05, 0) is 38.6 Å². The van der Waals surface area contributed by atoms with Crippen molar-refractivity contribution >= 4 is 16.0 Å². The summed E-state index contributed by atoms with van der Waals surface area (Å²) in [6, 6.07) is 6.31. The number of carboxylic acid groups (broad SMARTS) is 1. The number of nitrogens with zero attached hydrogens (tertiary/aromatic N) is 1. The van der Waals surface area contributed by atoms with E-state index in [1.54, 1.807) is 12.1 Å². The minimum Gasteiger partial charge on any atom is -0.478 e. The average Bonchev–Trinajstić information content (AvgIpc) is 2.37. The van der Waals surface area contributed by atoms with Crippen molar-refractivity contribution in [1.29, 1.82) is 0 Å². The summed E-state index contributed by atoms with van der Waals surface area (Å²) in [4.78, 5) is 12.9. The molecule has 0 saturated carbocycles. The molecule has 7 heteroatoms. The van der Waals surface area contributed by atoms with Crippen LogP contribution in [0.25, 0.3) is 0 Å². The van der Waals surface area contributed by atoms with Crippen molar-refractivity contribution in [2.24, 2.45) is 0 Å². The van der Waals surface area contributed by atoms with E-state index in [1.807, 2.05) is 25.8 Å². The minimum absolute atomic E-state index is 0.0854. The van der Waals surface area contributed by atoms with Crippen LogP contribution in [0.1, 0.15) is 29.8 Å². The molecule has 0 aliphatic heterocycles. The van der Waals surface area contributed by atoms with Gasteiger partial charge in [0, 0.05) is 19.1 Å². The molecule has 0 amide bonds. The van der Waals surface area contributed by atoms with Crippen molar-refractivity contribution in [1.82, 2.24) is 9.62 Å². The quantitative estimate of drug-likeness (QED) is 0.751. The van der Waals surface area contributed by atoms with Crippen LogP contribution in [0.5, 0.6) is 0 Å². The summed E-state index contributed by atoms with van der Waals surface area (Å²) in [6.07, 6.45) is 0. The Hall–Kier alpha value is -1.44. The second-order valence-electron chi connectivity index (χ2n) is 5.23. The summed E-state index contributed by atoms with van der Waals surface area (Å²) in [6.45, 7) is 5.01. The summed E-state index contributed by atoms with van der Waals surface area (Å²) in [5, 5.41) is 8.89. The maximum absolute atomic E-state index is 12.0. The fourth-order valence-corrected chi connectivity index (χ4v) is 2.82. The molecule has 118 valence electrons. The molecule has 0 saturated heterocycles. The molecule has 0 aromatic heterocycles. The lowest BCUT2D eigenvalue weighted by Gasteiger charge is -2.20. The second kappa shape index (κ2) is 7.53. The number of carbonyl (C=O) groups is 1. The molecule has 0 aliphatic carbocycles. The molecule has 0 bridgehead atoms. The van der Waals surface area contributed by atoms with Gasteiger partial charge in [-0.1, -0.05) is 12.1 Å². The van der Waals surface area contributed by atoms with Crippen molar-refractivity contribution in [2.45, 2.75) is 25.6 Å². The van der Waals surface area contributed by atoms with Gasteiger partial charge in [-0.3, -0.25) is 0 Å². The van der Waals surface area contributed by atoms with E-state index in [9.17, 15) is 13.2 Å². The third kappa shape index (κ3) is 6.24. The van der Waals surface area contributed by atoms with Gasteiger partial charge in [-0.15, -0.1) is 0 Å². The summed E-state index contributed by atoms with van der Waals surface area (Å²) in [5.74, 6) is -1.29. The van der Waals surface area contributed by atoms with Gasteiger partial charge in [0.25, 0.3) is 0 Å². The Labute approximate surface area is 125 Å². The Morgan fingerprint density at radius 1 is 1.38 bits per heavy atom. The standard InChI is InChI=1S/C14H22N2O4S/c1-11(2)16(3)8-7-15-21(19,20)10-12-5-4-6-13(9-12)14(17)18/h4-6,9,11,15H,7-8,10H2,1-3H3,(H,17,18). The van der Waals surface area contributed by atoms with Crippen LogP contribution in [0, 0.1) is 0 Å². The van der Waals surface area contributed by atoms with E-state index in [0.29, 0.717) is 24.7 Å². The second-order valence-corrected chi connectivity index (χ2v) is 7.04. The van der Waals surface area contributed by atoms with Crippen molar-refractivity contribution < 1.29 is 18.3 Å². The van der Waals surface area contributed by atoms with Crippen LogP contribution in [0.15, 0.2) is 24.3 Å². The highest BCUT2D eigenvalue weighted by molar-refractivity contribution is 7.88. The SMILES string of the molecule is CC(C)N(C)CCNS(=O)(=O)Cc1cccc(C(=O)O)c1. The van der Waals surface area contributed by atoms with Crippen LogP contribution >= 0.6 is 0 Å². The van der Waals surface area contributed by atoms with Gasteiger partial charge < -0.3 is 10.0 Å². The van der Waals surface area contributed by atoms with E-state index in [2.05, 4.69) is 4.72 Å². The zero-order valence-electron chi connectivity index (χ0n) is 12.5. The summed E-state index contributed by atoms with van der Waals surface area (Å²) < 4.78 is 26.4. The lowest BCUT2D eigenvalue weighted by atomic mass is 10.1. The number of carboxylic acids is 1. The third-order valence-electron chi connectivity index (χ3n) is 3.20. The first-order chi connectivity index (χ1) is 9.71. The normalized spacial score (nSPS) is 12.0. The largest absolute Gasteiger partial charge is 0.478 e. The Kier molecular flexibility index (Phi) is 6.32. The predicted molar refractivity (Wildman–Crippen MR) is 81.8 cm³/mol. The van der Waals surface area contributed by atoms with E-state index in [1.165, 1.54) is 12.1 Å². The lowest BCUT2D eigenvalue weighted by molar-refractivity contribution is 0.0696. The van der Waals surface area contributed by atoms with E-state index < -0.39 is 16.0 Å². The first-order valence-corrected chi connectivity index (χ1v) is 8.36. The first-order valence-electron chi connectivity index (χ1n) is 6.71. The van der Waals surface area contributed by atoms with Crippen LogP contribution in [0.4, 0.5) is 0 Å². The number of sulfonamides is 1. The zero-order valence-corrected chi connectivity index (χ0v) is 13.4. The first kappa shape index (κ1) is 17.6. The highest BCUT2D eigenvalue weighted by atomic mass is 32.2. The fraction of sp³-hybridized carbons (Fsp3) is 0.500. The van der Waals surface area contributed by atoms with Crippen LogP contribution in [0.2, 0.25) is 0 Å². The Morgan fingerprint density at radius 2 is 2.05 bits per heavy atom. The Bertz CT molecular complexity index is 584. The molecule has 2 N–H and O–H groups in total. The monoisotopic (exact) mass is 314 g/mol. The van der Waals surface area contributed by atoms with Crippen molar-refractivity contribution in [3.8, 4) is 0 Å². The minimum atomic E-state index is -3.47. The van der Waals surface area contributed by atoms with Gasteiger partial charge in [0.1, 0.15) is 0 Å². The smallest absolute Gasteiger partial charge is 0.335 e. The number of aromatic carboxylic acids is 1. The van der Waals surface area contributed by atoms with Gasteiger partial charge in [0.2, 0.25) is 10.0 Å². The Morgan fingerprint density at radius 3 is 2.62 bits per heavy atom. The summed E-state index contributed by atoms with van der Waals surface area (Å²) >= 11 is 0. The molecule has 6 nitrogen and oxygen atoms in total. The van der Waals surface area contributed by atoms with Gasteiger partial charge in [-0.2, -0.15) is 0 Å². The number of benzene rings is 1. The van der Waals surface area contributed by atoms with Crippen molar-refractivity contribution in [3.63, 3.8) is 0 Å². The van der Waals surface area contributed by atoms with E-state index in [-0.39, 0.29) is 11.3 Å². The highest BCUT2D eigenvalue weighted by Crippen LogP contribution is 2.08. The van der Waals surface area contributed by atoms with Crippen molar-refractivity contribution in [2.75, 3.05) is 20.1 Å². The molecule has 1 rings (SSSR count). The summed E-state index contributed by atoms with van der Waals surface area (Å²) in [7, 11) is -1.54. The van der Waals surface area contributed by atoms with E-state index in [4.69, 9.17) is 5.11 Å². The predicted octanol–water partition coefficient (Wildman–Crippen LogP) is 1.14. The molecule has 0 radical (unpaired) electrons. The molecule has 0 spiro atoms. The molecule has 0 atom stereocenters. The molecular weight excluding hydrogens is 292 g/mol. The summed E-state index contributed by atoms with van der Waals surface area (Å²) in [5.41, 5.74) is 0.543.